The van der Waals surface area contributed by atoms with Crippen molar-refractivity contribution in [1.82, 2.24) is 4.98 Å². The number of aromatic nitrogens is 1. The van der Waals surface area contributed by atoms with Crippen molar-refractivity contribution in [2.75, 3.05) is 0 Å². The number of benzene rings is 2. The molecule has 0 aliphatic carbocycles. The number of para-hydroxylation sites is 1. The SMILES string of the molecule is O=c1[nH]c2ccccc2c(-c2ccc(C(F)(F)F)cc2)c1O. The summed E-state index contributed by atoms with van der Waals surface area (Å²) in [6.45, 7) is 0. The maximum Gasteiger partial charge on any atom is 0.416 e. The fourth-order valence-corrected chi connectivity index (χ4v) is 2.35. The smallest absolute Gasteiger partial charge is 0.416 e. The van der Waals surface area contributed by atoms with Gasteiger partial charge in [0.2, 0.25) is 0 Å². The van der Waals surface area contributed by atoms with Crippen LogP contribution in [0.2, 0.25) is 0 Å². The third-order valence-corrected chi connectivity index (χ3v) is 3.40. The minimum absolute atomic E-state index is 0.216. The fraction of sp³-hybridized carbons (Fsp3) is 0.0625. The summed E-state index contributed by atoms with van der Waals surface area (Å²) in [5.74, 6) is -0.515. The van der Waals surface area contributed by atoms with Gasteiger partial charge < -0.3 is 10.1 Å². The molecular formula is C16H10F3NO2. The molecule has 0 bridgehead atoms. The van der Waals surface area contributed by atoms with E-state index in [9.17, 15) is 23.1 Å². The van der Waals surface area contributed by atoms with Crippen LogP contribution in [-0.4, -0.2) is 10.1 Å². The third-order valence-electron chi connectivity index (χ3n) is 3.40. The van der Waals surface area contributed by atoms with Crippen molar-refractivity contribution in [3.05, 3.63) is 64.4 Å². The number of hydrogen-bond acceptors (Lipinski definition) is 2. The van der Waals surface area contributed by atoms with Crippen LogP contribution in [0.1, 0.15) is 5.56 Å². The zero-order valence-electron chi connectivity index (χ0n) is 11.1. The highest BCUT2D eigenvalue weighted by Crippen LogP contribution is 2.35. The Kier molecular flexibility index (Phi) is 3.16. The Hall–Kier alpha value is -2.76. The molecule has 2 N–H and O–H groups in total. The maximum atomic E-state index is 12.6. The molecule has 0 radical (unpaired) electrons. The molecule has 0 amide bonds. The molecule has 0 aliphatic rings. The second kappa shape index (κ2) is 4.91. The van der Waals surface area contributed by atoms with Gasteiger partial charge in [-0.3, -0.25) is 4.79 Å². The highest BCUT2D eigenvalue weighted by atomic mass is 19.4. The highest BCUT2D eigenvalue weighted by molar-refractivity contribution is 5.97. The quantitative estimate of drug-likeness (QED) is 0.716. The van der Waals surface area contributed by atoms with Gasteiger partial charge in [0.25, 0.3) is 5.56 Å². The first-order chi connectivity index (χ1) is 10.4. The topological polar surface area (TPSA) is 53.1 Å². The van der Waals surface area contributed by atoms with Crippen molar-refractivity contribution in [1.29, 1.82) is 0 Å². The molecule has 3 nitrogen and oxygen atoms in total. The van der Waals surface area contributed by atoms with Gasteiger partial charge in [-0.25, -0.2) is 0 Å². The predicted molar refractivity (Wildman–Crippen MR) is 76.7 cm³/mol. The normalized spacial score (nSPS) is 11.8. The number of aromatic hydroxyl groups is 1. The van der Waals surface area contributed by atoms with Gasteiger partial charge in [0.05, 0.1) is 5.56 Å². The van der Waals surface area contributed by atoms with E-state index >= 15 is 0 Å². The van der Waals surface area contributed by atoms with Crippen molar-refractivity contribution in [3.63, 3.8) is 0 Å². The monoisotopic (exact) mass is 305 g/mol. The predicted octanol–water partition coefficient (Wildman–Crippen LogP) is 3.92. The first-order valence-electron chi connectivity index (χ1n) is 6.39. The number of rotatable bonds is 1. The van der Waals surface area contributed by atoms with Gasteiger partial charge in [0.1, 0.15) is 0 Å². The number of nitrogens with one attached hydrogen (secondary N) is 1. The maximum absolute atomic E-state index is 12.6. The van der Waals surface area contributed by atoms with Gasteiger partial charge in [-0.1, -0.05) is 30.3 Å². The number of fused-ring (bicyclic) bond motifs is 1. The summed E-state index contributed by atoms with van der Waals surface area (Å²) < 4.78 is 37.8. The molecule has 0 spiro atoms. The Labute approximate surface area is 122 Å². The average Bonchev–Trinajstić information content (AvgIpc) is 2.48. The first-order valence-corrected chi connectivity index (χ1v) is 6.39. The Morgan fingerprint density at radius 1 is 0.955 bits per heavy atom. The Balaban J connectivity index is 2.26. The second-order valence-electron chi connectivity index (χ2n) is 4.80. The molecule has 3 aromatic rings. The molecule has 1 heterocycles. The van der Waals surface area contributed by atoms with Gasteiger partial charge in [-0.15, -0.1) is 0 Å². The Bertz CT molecular complexity index is 896. The van der Waals surface area contributed by atoms with Crippen molar-refractivity contribution >= 4 is 10.9 Å². The average molecular weight is 305 g/mol. The summed E-state index contributed by atoms with van der Waals surface area (Å²) in [4.78, 5) is 14.3. The molecule has 0 unspecified atom stereocenters. The lowest BCUT2D eigenvalue weighted by atomic mass is 9.99. The number of hydrogen-bond donors (Lipinski definition) is 2. The van der Waals surface area contributed by atoms with Crippen LogP contribution in [0.25, 0.3) is 22.0 Å². The van der Waals surface area contributed by atoms with Gasteiger partial charge >= 0.3 is 6.18 Å². The van der Waals surface area contributed by atoms with E-state index in [2.05, 4.69) is 4.98 Å². The van der Waals surface area contributed by atoms with Crippen molar-refractivity contribution < 1.29 is 18.3 Å². The number of pyridine rings is 1. The Morgan fingerprint density at radius 2 is 1.59 bits per heavy atom. The van der Waals surface area contributed by atoms with Crippen molar-refractivity contribution in [2.45, 2.75) is 6.18 Å². The molecule has 0 atom stereocenters. The highest BCUT2D eigenvalue weighted by Gasteiger charge is 2.30. The summed E-state index contributed by atoms with van der Waals surface area (Å²) in [6, 6.07) is 11.1. The van der Waals surface area contributed by atoms with E-state index in [4.69, 9.17) is 0 Å². The van der Waals surface area contributed by atoms with Gasteiger partial charge in [-0.2, -0.15) is 13.2 Å². The van der Waals surface area contributed by atoms with Crippen LogP contribution in [-0.2, 0) is 6.18 Å². The van der Waals surface area contributed by atoms with Crippen LogP contribution in [0.5, 0.6) is 5.75 Å². The summed E-state index contributed by atoms with van der Waals surface area (Å²) >= 11 is 0. The van der Waals surface area contributed by atoms with Crippen molar-refractivity contribution in [3.8, 4) is 16.9 Å². The fourth-order valence-electron chi connectivity index (χ4n) is 2.35. The second-order valence-corrected chi connectivity index (χ2v) is 4.80. The van der Waals surface area contributed by atoms with Crippen LogP contribution in [0.3, 0.4) is 0 Å². The third kappa shape index (κ3) is 2.32. The molecule has 0 saturated carbocycles. The van der Waals surface area contributed by atoms with Crippen LogP contribution >= 0.6 is 0 Å². The van der Waals surface area contributed by atoms with Crippen LogP contribution < -0.4 is 5.56 Å². The standard InChI is InChI=1S/C16H10F3NO2/c17-16(18,19)10-7-5-9(6-8-10)13-11-3-1-2-4-12(11)20-15(22)14(13)21/h1-8,21H,(H,20,22). The number of halogens is 3. The molecule has 1 aromatic heterocycles. The van der Waals surface area contributed by atoms with E-state index in [1.54, 1.807) is 24.3 Å². The molecule has 112 valence electrons. The number of alkyl halides is 3. The van der Waals surface area contributed by atoms with E-state index in [-0.39, 0.29) is 5.56 Å². The number of H-pyrrole nitrogens is 1. The largest absolute Gasteiger partial charge is 0.503 e. The number of aromatic amines is 1. The molecule has 0 aliphatic heterocycles. The van der Waals surface area contributed by atoms with Gasteiger partial charge in [0.15, 0.2) is 5.75 Å². The summed E-state index contributed by atoms with van der Waals surface area (Å²) in [5.41, 5.74) is -0.417. The van der Waals surface area contributed by atoms with E-state index in [0.29, 0.717) is 16.5 Å². The zero-order chi connectivity index (χ0) is 15.9. The van der Waals surface area contributed by atoms with Crippen LogP contribution in [0, 0.1) is 0 Å². The summed E-state index contributed by atoms with van der Waals surface area (Å²) in [5, 5.41) is 10.6. The summed E-state index contributed by atoms with van der Waals surface area (Å²) in [6.07, 6.45) is -4.43. The van der Waals surface area contributed by atoms with E-state index < -0.39 is 23.0 Å². The molecule has 0 fully saturated rings. The minimum atomic E-state index is -4.43. The van der Waals surface area contributed by atoms with Crippen LogP contribution in [0.15, 0.2) is 53.3 Å². The first kappa shape index (κ1) is 14.2. The van der Waals surface area contributed by atoms with E-state index in [1.165, 1.54) is 12.1 Å². The molecule has 22 heavy (non-hydrogen) atoms. The molecule has 2 aromatic carbocycles. The molecular weight excluding hydrogens is 295 g/mol. The zero-order valence-corrected chi connectivity index (χ0v) is 11.1. The lowest BCUT2D eigenvalue weighted by Gasteiger charge is -2.11. The van der Waals surface area contributed by atoms with Crippen LogP contribution in [0.4, 0.5) is 13.2 Å². The molecule has 0 saturated heterocycles. The van der Waals surface area contributed by atoms with Gasteiger partial charge in [-0.05, 0) is 23.8 Å². The molecule has 6 heteroatoms. The minimum Gasteiger partial charge on any atom is -0.503 e. The van der Waals surface area contributed by atoms with Crippen molar-refractivity contribution in [2.24, 2.45) is 0 Å². The van der Waals surface area contributed by atoms with E-state index in [0.717, 1.165) is 12.1 Å². The lowest BCUT2D eigenvalue weighted by molar-refractivity contribution is -0.137. The van der Waals surface area contributed by atoms with Gasteiger partial charge in [0, 0.05) is 16.5 Å². The summed E-state index contributed by atoms with van der Waals surface area (Å²) in [7, 11) is 0. The molecule has 3 rings (SSSR count). The Morgan fingerprint density at radius 3 is 2.23 bits per heavy atom. The lowest BCUT2D eigenvalue weighted by Crippen LogP contribution is -2.07. The van der Waals surface area contributed by atoms with E-state index in [1.807, 2.05) is 0 Å².